The highest BCUT2D eigenvalue weighted by atomic mass is 35.5. The summed E-state index contributed by atoms with van der Waals surface area (Å²) in [5.41, 5.74) is 1.26. The van der Waals surface area contributed by atoms with Gasteiger partial charge >= 0.3 is 0 Å². The number of hydrogen-bond acceptors (Lipinski definition) is 2. The van der Waals surface area contributed by atoms with Gasteiger partial charge in [0.15, 0.2) is 0 Å². The second kappa shape index (κ2) is 5.20. The van der Waals surface area contributed by atoms with Crippen molar-refractivity contribution in [2.75, 3.05) is 0 Å². The van der Waals surface area contributed by atoms with Gasteiger partial charge in [0.05, 0.1) is 6.10 Å². The molecule has 0 spiro atoms. The van der Waals surface area contributed by atoms with Gasteiger partial charge < -0.3 is 10.4 Å². The molecule has 18 heavy (non-hydrogen) atoms. The number of benzene rings is 1. The van der Waals surface area contributed by atoms with Gasteiger partial charge in [-0.15, -0.1) is 0 Å². The van der Waals surface area contributed by atoms with E-state index in [0.29, 0.717) is 17.9 Å². The quantitative estimate of drug-likeness (QED) is 0.881. The van der Waals surface area contributed by atoms with E-state index in [1.807, 2.05) is 12.1 Å². The van der Waals surface area contributed by atoms with E-state index >= 15 is 0 Å². The monoisotopic (exact) mass is 265 g/mol. The Morgan fingerprint density at radius 3 is 2.72 bits per heavy atom. The Balaban J connectivity index is 1.59. The highest BCUT2D eigenvalue weighted by molar-refractivity contribution is 6.30. The summed E-state index contributed by atoms with van der Waals surface area (Å²) < 4.78 is 0. The summed E-state index contributed by atoms with van der Waals surface area (Å²) in [6, 6.07) is 8.48. The van der Waals surface area contributed by atoms with Gasteiger partial charge in [-0.2, -0.15) is 0 Å². The van der Waals surface area contributed by atoms with Crippen LogP contribution >= 0.6 is 11.6 Å². The Morgan fingerprint density at radius 1 is 1.22 bits per heavy atom. The van der Waals surface area contributed by atoms with Gasteiger partial charge in [0.1, 0.15) is 0 Å². The van der Waals surface area contributed by atoms with Gasteiger partial charge in [-0.05, 0) is 42.9 Å². The molecule has 0 saturated heterocycles. The lowest BCUT2D eigenvalue weighted by atomic mass is 9.86. The standard InChI is InChI=1S/C15H20ClNO/c16-12-6-4-10(5-7-12)9-17-14-8-11-2-1-3-13(14)15(11)18/h4-7,11,13-15,17-18H,1-3,8-9H2. The molecule has 2 nitrogen and oxygen atoms in total. The number of nitrogens with one attached hydrogen (secondary N) is 1. The summed E-state index contributed by atoms with van der Waals surface area (Å²) in [5, 5.41) is 14.6. The van der Waals surface area contributed by atoms with Crippen LogP contribution in [-0.2, 0) is 6.54 Å². The molecule has 0 heterocycles. The molecule has 3 rings (SSSR count). The van der Waals surface area contributed by atoms with Crippen molar-refractivity contribution in [2.45, 2.75) is 44.4 Å². The molecule has 1 aromatic rings. The third-order valence-electron chi connectivity index (χ3n) is 4.59. The summed E-state index contributed by atoms with van der Waals surface area (Å²) in [6.07, 6.45) is 4.74. The van der Waals surface area contributed by atoms with E-state index in [1.165, 1.54) is 24.8 Å². The Bertz CT molecular complexity index is 405. The Kier molecular flexibility index (Phi) is 3.60. The van der Waals surface area contributed by atoms with E-state index in [0.717, 1.165) is 18.0 Å². The molecule has 2 N–H and O–H groups in total. The predicted molar refractivity (Wildman–Crippen MR) is 73.5 cm³/mol. The van der Waals surface area contributed by atoms with Gasteiger partial charge in [0.2, 0.25) is 0 Å². The molecular formula is C15H20ClNO. The van der Waals surface area contributed by atoms with E-state index < -0.39 is 0 Å². The van der Waals surface area contributed by atoms with Gasteiger partial charge in [0.25, 0.3) is 0 Å². The smallest absolute Gasteiger partial charge is 0.0611 e. The minimum absolute atomic E-state index is 0.0681. The molecule has 0 aliphatic heterocycles. The highest BCUT2D eigenvalue weighted by Gasteiger charge is 2.44. The van der Waals surface area contributed by atoms with Crippen LogP contribution in [-0.4, -0.2) is 17.3 Å². The first-order chi connectivity index (χ1) is 8.74. The topological polar surface area (TPSA) is 32.3 Å². The van der Waals surface area contributed by atoms with E-state index in [1.54, 1.807) is 0 Å². The van der Waals surface area contributed by atoms with E-state index in [-0.39, 0.29) is 6.10 Å². The van der Waals surface area contributed by atoms with Crippen LogP contribution in [0, 0.1) is 11.8 Å². The highest BCUT2D eigenvalue weighted by Crippen LogP contribution is 2.42. The maximum atomic E-state index is 10.2. The molecule has 1 aromatic carbocycles. The average Bonchev–Trinajstić information content (AvgIpc) is 2.57. The van der Waals surface area contributed by atoms with Crippen LogP contribution in [0.4, 0.5) is 0 Å². The minimum atomic E-state index is -0.0681. The number of aliphatic hydroxyl groups is 1. The third-order valence-corrected chi connectivity index (χ3v) is 4.84. The largest absolute Gasteiger partial charge is 0.392 e. The first kappa shape index (κ1) is 12.5. The van der Waals surface area contributed by atoms with Crippen LogP contribution in [0.3, 0.4) is 0 Å². The second-order valence-corrected chi connectivity index (χ2v) is 6.13. The maximum absolute atomic E-state index is 10.2. The van der Waals surface area contributed by atoms with E-state index in [4.69, 9.17) is 11.6 Å². The molecule has 2 aliphatic carbocycles. The molecule has 2 aliphatic rings. The molecule has 0 aromatic heterocycles. The van der Waals surface area contributed by atoms with Crippen LogP contribution in [0.25, 0.3) is 0 Å². The second-order valence-electron chi connectivity index (χ2n) is 5.69. The molecule has 4 unspecified atom stereocenters. The van der Waals surface area contributed by atoms with Crippen LogP contribution in [0.1, 0.15) is 31.2 Å². The summed E-state index contributed by atoms with van der Waals surface area (Å²) in [7, 11) is 0. The van der Waals surface area contributed by atoms with E-state index in [2.05, 4.69) is 17.4 Å². The van der Waals surface area contributed by atoms with Crippen molar-refractivity contribution in [1.29, 1.82) is 0 Å². The van der Waals surface area contributed by atoms with Crippen molar-refractivity contribution in [2.24, 2.45) is 11.8 Å². The van der Waals surface area contributed by atoms with Gasteiger partial charge in [-0.1, -0.05) is 30.2 Å². The average molecular weight is 266 g/mol. The lowest BCUT2D eigenvalue weighted by molar-refractivity contribution is 0.0558. The molecule has 0 radical (unpaired) electrons. The number of fused-ring (bicyclic) bond motifs is 2. The van der Waals surface area contributed by atoms with Crippen molar-refractivity contribution in [3.63, 3.8) is 0 Å². The van der Waals surface area contributed by atoms with Crippen LogP contribution in [0.5, 0.6) is 0 Å². The normalized spacial score (nSPS) is 34.8. The molecular weight excluding hydrogens is 246 g/mol. The zero-order chi connectivity index (χ0) is 12.5. The predicted octanol–water partition coefficient (Wildman–Crippen LogP) is 2.98. The third kappa shape index (κ3) is 2.42. The van der Waals surface area contributed by atoms with Gasteiger partial charge in [-0.3, -0.25) is 0 Å². The summed E-state index contributed by atoms with van der Waals surface area (Å²) in [6.45, 7) is 0.873. The number of hydrogen-bond donors (Lipinski definition) is 2. The Labute approximate surface area is 113 Å². The summed E-state index contributed by atoms with van der Waals surface area (Å²) in [5.74, 6) is 1.00. The fourth-order valence-electron chi connectivity index (χ4n) is 3.59. The fraction of sp³-hybridized carbons (Fsp3) is 0.600. The molecule has 2 bridgehead atoms. The number of rotatable bonds is 3. The number of halogens is 1. The van der Waals surface area contributed by atoms with Crippen molar-refractivity contribution in [1.82, 2.24) is 5.32 Å². The zero-order valence-corrected chi connectivity index (χ0v) is 11.2. The molecule has 3 heteroatoms. The molecule has 0 amide bonds. The lowest BCUT2D eigenvalue weighted by Crippen LogP contribution is -2.36. The fourth-order valence-corrected chi connectivity index (χ4v) is 3.72. The van der Waals surface area contributed by atoms with Gasteiger partial charge in [0, 0.05) is 23.5 Å². The van der Waals surface area contributed by atoms with Crippen LogP contribution in [0.2, 0.25) is 5.02 Å². The van der Waals surface area contributed by atoms with Crippen LogP contribution < -0.4 is 5.32 Å². The summed E-state index contributed by atoms with van der Waals surface area (Å²) >= 11 is 5.88. The SMILES string of the molecule is OC1C2CCCC1C(NCc1ccc(Cl)cc1)C2. The lowest BCUT2D eigenvalue weighted by Gasteiger charge is -2.27. The molecule has 2 fully saturated rings. The zero-order valence-electron chi connectivity index (χ0n) is 10.5. The van der Waals surface area contributed by atoms with Crippen molar-refractivity contribution < 1.29 is 5.11 Å². The number of aliphatic hydroxyl groups excluding tert-OH is 1. The van der Waals surface area contributed by atoms with Crippen molar-refractivity contribution in [3.05, 3.63) is 34.9 Å². The first-order valence-electron chi connectivity index (χ1n) is 6.90. The van der Waals surface area contributed by atoms with Gasteiger partial charge in [-0.25, -0.2) is 0 Å². The van der Waals surface area contributed by atoms with Crippen molar-refractivity contribution >= 4 is 11.6 Å². The maximum Gasteiger partial charge on any atom is 0.0611 e. The Morgan fingerprint density at radius 2 is 2.00 bits per heavy atom. The Hall–Kier alpha value is -0.570. The molecule has 2 saturated carbocycles. The first-order valence-corrected chi connectivity index (χ1v) is 7.28. The van der Waals surface area contributed by atoms with E-state index in [9.17, 15) is 5.11 Å². The molecule has 4 atom stereocenters. The summed E-state index contributed by atoms with van der Waals surface area (Å²) in [4.78, 5) is 0. The van der Waals surface area contributed by atoms with Crippen molar-refractivity contribution in [3.8, 4) is 0 Å². The minimum Gasteiger partial charge on any atom is -0.392 e. The van der Waals surface area contributed by atoms with Crippen LogP contribution in [0.15, 0.2) is 24.3 Å². The molecule has 98 valence electrons.